The summed E-state index contributed by atoms with van der Waals surface area (Å²) in [6, 6.07) is 8.74. The molecule has 1 aromatic carbocycles. The van der Waals surface area contributed by atoms with Gasteiger partial charge in [-0.25, -0.2) is 4.39 Å². The summed E-state index contributed by atoms with van der Waals surface area (Å²) in [5, 5.41) is 3.37. The smallest absolute Gasteiger partial charge is 0.123 e. The molecule has 2 rings (SSSR count). The van der Waals surface area contributed by atoms with E-state index in [1.165, 1.54) is 6.07 Å². The van der Waals surface area contributed by atoms with Crippen LogP contribution in [-0.2, 0) is 13.1 Å². The van der Waals surface area contributed by atoms with E-state index >= 15 is 0 Å². The van der Waals surface area contributed by atoms with Crippen LogP contribution in [0.2, 0.25) is 0 Å². The van der Waals surface area contributed by atoms with E-state index in [9.17, 15) is 4.39 Å². The first-order valence-electron chi connectivity index (χ1n) is 7.29. The van der Waals surface area contributed by atoms with Crippen molar-refractivity contribution in [2.24, 2.45) is 5.92 Å². The number of halogens is 1. The number of anilines is 1. The normalized spacial score (nSPS) is 11.1. The van der Waals surface area contributed by atoms with Gasteiger partial charge in [0.1, 0.15) is 11.6 Å². The molecule has 2 aromatic rings. The number of hydrogen-bond acceptors (Lipinski definition) is 3. The standard InChI is InChI=1S/C17H23FN2O/c1-13(2)10-19-11-14-9-15(18)6-7-17(14)20(3)12-16-5-4-8-21-16/h4-9,13,19H,10-12H2,1-3H3. The molecule has 0 spiro atoms. The van der Waals surface area contributed by atoms with Crippen molar-refractivity contribution in [3.63, 3.8) is 0 Å². The SMILES string of the molecule is CC(C)CNCc1cc(F)ccc1N(C)Cc1ccco1. The molecule has 21 heavy (non-hydrogen) atoms. The van der Waals surface area contributed by atoms with Gasteiger partial charge >= 0.3 is 0 Å². The molecular weight excluding hydrogens is 267 g/mol. The number of rotatable bonds is 7. The molecule has 0 atom stereocenters. The average molecular weight is 290 g/mol. The van der Waals surface area contributed by atoms with E-state index in [0.29, 0.717) is 19.0 Å². The molecule has 0 radical (unpaired) electrons. The van der Waals surface area contributed by atoms with E-state index in [1.54, 1.807) is 12.3 Å². The molecule has 0 saturated heterocycles. The molecule has 0 aliphatic rings. The topological polar surface area (TPSA) is 28.4 Å². The minimum Gasteiger partial charge on any atom is -0.467 e. The maximum Gasteiger partial charge on any atom is 0.123 e. The molecule has 0 unspecified atom stereocenters. The molecule has 114 valence electrons. The highest BCUT2D eigenvalue weighted by Gasteiger charge is 2.10. The molecule has 3 nitrogen and oxygen atoms in total. The van der Waals surface area contributed by atoms with Crippen molar-refractivity contribution in [3.8, 4) is 0 Å². The van der Waals surface area contributed by atoms with Gasteiger partial charge in [-0.05, 0) is 48.4 Å². The van der Waals surface area contributed by atoms with E-state index in [0.717, 1.165) is 23.6 Å². The number of furan rings is 1. The Labute approximate surface area is 125 Å². The Kier molecular flexibility index (Phi) is 5.39. The molecule has 0 aliphatic heterocycles. The Balaban J connectivity index is 2.09. The molecule has 0 bridgehead atoms. The Hall–Kier alpha value is -1.81. The van der Waals surface area contributed by atoms with Gasteiger partial charge in [0.15, 0.2) is 0 Å². The minimum atomic E-state index is -0.202. The fourth-order valence-corrected chi connectivity index (χ4v) is 2.29. The van der Waals surface area contributed by atoms with Crippen LogP contribution in [0.5, 0.6) is 0 Å². The Morgan fingerprint density at radius 2 is 2.10 bits per heavy atom. The Bertz CT molecular complexity index is 552. The van der Waals surface area contributed by atoms with Gasteiger partial charge < -0.3 is 14.6 Å². The molecule has 1 heterocycles. The number of nitrogens with one attached hydrogen (secondary N) is 1. The second kappa shape index (κ2) is 7.27. The first-order valence-corrected chi connectivity index (χ1v) is 7.29. The summed E-state index contributed by atoms with van der Waals surface area (Å²) >= 11 is 0. The zero-order chi connectivity index (χ0) is 15.2. The highest BCUT2D eigenvalue weighted by atomic mass is 19.1. The van der Waals surface area contributed by atoms with Gasteiger partial charge in [-0.3, -0.25) is 0 Å². The third-order valence-electron chi connectivity index (χ3n) is 3.29. The van der Waals surface area contributed by atoms with Gasteiger partial charge in [0.05, 0.1) is 12.8 Å². The van der Waals surface area contributed by atoms with Gasteiger partial charge in [0, 0.05) is 19.3 Å². The van der Waals surface area contributed by atoms with Crippen molar-refractivity contribution < 1.29 is 8.81 Å². The van der Waals surface area contributed by atoms with Crippen LogP contribution in [0.3, 0.4) is 0 Å². The lowest BCUT2D eigenvalue weighted by Gasteiger charge is -2.22. The summed E-state index contributed by atoms with van der Waals surface area (Å²) in [5.74, 6) is 1.26. The van der Waals surface area contributed by atoms with Crippen molar-refractivity contribution in [2.45, 2.75) is 26.9 Å². The summed E-state index contributed by atoms with van der Waals surface area (Å²) in [4.78, 5) is 2.07. The van der Waals surface area contributed by atoms with Crippen LogP contribution in [0.25, 0.3) is 0 Å². The summed E-state index contributed by atoms with van der Waals surface area (Å²) in [6.07, 6.45) is 1.67. The highest BCUT2D eigenvalue weighted by Crippen LogP contribution is 2.22. The summed E-state index contributed by atoms with van der Waals surface area (Å²) in [7, 11) is 1.99. The lowest BCUT2D eigenvalue weighted by atomic mass is 10.1. The minimum absolute atomic E-state index is 0.202. The number of nitrogens with zero attached hydrogens (tertiary/aromatic N) is 1. The highest BCUT2D eigenvalue weighted by molar-refractivity contribution is 5.53. The van der Waals surface area contributed by atoms with Gasteiger partial charge in [-0.1, -0.05) is 13.8 Å². The third kappa shape index (κ3) is 4.60. The lowest BCUT2D eigenvalue weighted by Crippen LogP contribution is -2.23. The van der Waals surface area contributed by atoms with Crippen LogP contribution in [0.1, 0.15) is 25.2 Å². The van der Waals surface area contributed by atoms with Crippen molar-refractivity contribution in [2.75, 3.05) is 18.5 Å². The molecule has 0 saturated carbocycles. The Morgan fingerprint density at radius 1 is 1.29 bits per heavy atom. The first-order chi connectivity index (χ1) is 10.1. The molecule has 0 fully saturated rings. The summed E-state index contributed by atoms with van der Waals surface area (Å²) in [5.41, 5.74) is 1.98. The van der Waals surface area contributed by atoms with Gasteiger partial charge in [0.25, 0.3) is 0 Å². The van der Waals surface area contributed by atoms with Crippen LogP contribution in [0.15, 0.2) is 41.0 Å². The van der Waals surface area contributed by atoms with E-state index < -0.39 is 0 Å². The zero-order valence-corrected chi connectivity index (χ0v) is 12.9. The monoisotopic (exact) mass is 290 g/mol. The third-order valence-corrected chi connectivity index (χ3v) is 3.29. The van der Waals surface area contributed by atoms with Crippen LogP contribution in [0.4, 0.5) is 10.1 Å². The van der Waals surface area contributed by atoms with Gasteiger partial charge in [-0.2, -0.15) is 0 Å². The Morgan fingerprint density at radius 3 is 2.76 bits per heavy atom. The van der Waals surface area contributed by atoms with E-state index in [4.69, 9.17) is 4.42 Å². The first kappa shape index (κ1) is 15.6. The molecule has 4 heteroatoms. The van der Waals surface area contributed by atoms with Crippen molar-refractivity contribution in [3.05, 3.63) is 53.7 Å². The van der Waals surface area contributed by atoms with Gasteiger partial charge in [0.2, 0.25) is 0 Å². The van der Waals surface area contributed by atoms with Crippen LogP contribution in [-0.4, -0.2) is 13.6 Å². The van der Waals surface area contributed by atoms with E-state index in [-0.39, 0.29) is 5.82 Å². The molecular formula is C17H23FN2O. The van der Waals surface area contributed by atoms with Crippen LogP contribution in [0, 0.1) is 11.7 Å². The molecule has 0 amide bonds. The number of hydrogen-bond donors (Lipinski definition) is 1. The van der Waals surface area contributed by atoms with Crippen LogP contribution < -0.4 is 10.2 Å². The predicted molar refractivity (Wildman–Crippen MR) is 83.8 cm³/mol. The second-order valence-electron chi connectivity index (χ2n) is 5.73. The quantitative estimate of drug-likeness (QED) is 0.840. The average Bonchev–Trinajstić information content (AvgIpc) is 2.91. The maximum atomic E-state index is 13.5. The largest absolute Gasteiger partial charge is 0.467 e. The lowest BCUT2D eigenvalue weighted by molar-refractivity contribution is 0.507. The van der Waals surface area contributed by atoms with E-state index in [2.05, 4.69) is 24.1 Å². The molecule has 0 aliphatic carbocycles. The fourth-order valence-electron chi connectivity index (χ4n) is 2.29. The zero-order valence-electron chi connectivity index (χ0n) is 12.9. The van der Waals surface area contributed by atoms with E-state index in [1.807, 2.05) is 25.2 Å². The van der Waals surface area contributed by atoms with Crippen molar-refractivity contribution in [1.82, 2.24) is 5.32 Å². The predicted octanol–water partition coefficient (Wildman–Crippen LogP) is 3.80. The second-order valence-corrected chi connectivity index (χ2v) is 5.73. The van der Waals surface area contributed by atoms with Crippen LogP contribution >= 0.6 is 0 Å². The number of benzene rings is 1. The summed E-state index contributed by atoms with van der Waals surface area (Å²) < 4.78 is 18.9. The van der Waals surface area contributed by atoms with Gasteiger partial charge in [-0.15, -0.1) is 0 Å². The molecule has 1 aromatic heterocycles. The molecule has 1 N–H and O–H groups in total. The summed E-state index contributed by atoms with van der Waals surface area (Å²) in [6.45, 7) is 6.55. The van der Waals surface area contributed by atoms with Crippen molar-refractivity contribution >= 4 is 5.69 Å². The maximum absolute atomic E-state index is 13.5. The van der Waals surface area contributed by atoms with Crippen molar-refractivity contribution in [1.29, 1.82) is 0 Å². The fraction of sp³-hybridized carbons (Fsp3) is 0.412.